The molecule has 2 heterocycles. The second kappa shape index (κ2) is 7.15. The Bertz CT molecular complexity index is 453. The SMILES string of the molecule is CCCCc1nc(CN2CCN(C)CC2)sc1C(=O)O. The molecular formula is C14H23N3O2S. The van der Waals surface area contributed by atoms with Gasteiger partial charge in [-0.1, -0.05) is 13.3 Å². The molecule has 1 aliphatic heterocycles. The minimum atomic E-state index is -0.835. The van der Waals surface area contributed by atoms with Gasteiger partial charge in [0.1, 0.15) is 9.88 Å². The highest BCUT2D eigenvalue weighted by Crippen LogP contribution is 2.22. The van der Waals surface area contributed by atoms with Crippen molar-refractivity contribution in [3.05, 3.63) is 15.6 Å². The third kappa shape index (κ3) is 4.01. The molecule has 1 aromatic heterocycles. The van der Waals surface area contributed by atoms with Crippen molar-refractivity contribution in [1.29, 1.82) is 0 Å². The van der Waals surface area contributed by atoms with E-state index in [0.717, 1.165) is 62.7 Å². The molecule has 20 heavy (non-hydrogen) atoms. The fraction of sp³-hybridized carbons (Fsp3) is 0.714. The third-order valence-electron chi connectivity index (χ3n) is 3.66. The van der Waals surface area contributed by atoms with Crippen LogP contribution >= 0.6 is 11.3 Å². The number of likely N-dealkylation sites (N-methyl/N-ethyl adjacent to an activating group) is 1. The Kier molecular flexibility index (Phi) is 5.51. The normalized spacial score (nSPS) is 17.5. The summed E-state index contributed by atoms with van der Waals surface area (Å²) in [5, 5.41) is 10.2. The van der Waals surface area contributed by atoms with Crippen LogP contribution in [0, 0.1) is 0 Å². The average Bonchev–Trinajstić information content (AvgIpc) is 2.82. The summed E-state index contributed by atoms with van der Waals surface area (Å²) in [6, 6.07) is 0. The van der Waals surface area contributed by atoms with E-state index in [4.69, 9.17) is 0 Å². The van der Waals surface area contributed by atoms with E-state index in [2.05, 4.69) is 28.8 Å². The number of carboxylic acids is 1. The number of aromatic carboxylic acids is 1. The largest absolute Gasteiger partial charge is 0.477 e. The number of thiazole rings is 1. The number of carboxylic acid groups (broad SMARTS) is 1. The van der Waals surface area contributed by atoms with Gasteiger partial charge in [0.05, 0.1) is 12.2 Å². The summed E-state index contributed by atoms with van der Waals surface area (Å²) in [6.45, 7) is 7.09. The first kappa shape index (κ1) is 15.4. The Morgan fingerprint density at radius 1 is 1.35 bits per heavy atom. The van der Waals surface area contributed by atoms with Crippen LogP contribution in [0.15, 0.2) is 0 Å². The molecule has 0 amide bonds. The van der Waals surface area contributed by atoms with Crippen LogP contribution in [-0.2, 0) is 13.0 Å². The average molecular weight is 297 g/mol. The third-order valence-corrected chi connectivity index (χ3v) is 4.73. The lowest BCUT2D eigenvalue weighted by Crippen LogP contribution is -2.43. The fourth-order valence-corrected chi connectivity index (χ4v) is 3.34. The lowest BCUT2D eigenvalue weighted by atomic mass is 10.2. The van der Waals surface area contributed by atoms with Crippen molar-refractivity contribution in [2.45, 2.75) is 32.7 Å². The molecule has 0 radical (unpaired) electrons. The van der Waals surface area contributed by atoms with E-state index in [9.17, 15) is 9.90 Å². The van der Waals surface area contributed by atoms with Gasteiger partial charge in [-0.2, -0.15) is 0 Å². The lowest BCUT2D eigenvalue weighted by Gasteiger charge is -2.31. The first-order valence-corrected chi connectivity index (χ1v) is 8.04. The first-order valence-electron chi connectivity index (χ1n) is 7.23. The number of rotatable bonds is 6. The molecule has 2 rings (SSSR count). The van der Waals surface area contributed by atoms with Crippen molar-refractivity contribution < 1.29 is 9.90 Å². The van der Waals surface area contributed by atoms with Crippen molar-refractivity contribution in [2.24, 2.45) is 0 Å². The molecule has 1 fully saturated rings. The number of unbranched alkanes of at least 4 members (excludes halogenated alkanes) is 1. The zero-order chi connectivity index (χ0) is 14.5. The van der Waals surface area contributed by atoms with E-state index in [1.165, 1.54) is 11.3 Å². The summed E-state index contributed by atoms with van der Waals surface area (Å²) < 4.78 is 0. The highest BCUT2D eigenvalue weighted by Gasteiger charge is 2.20. The molecule has 1 aliphatic rings. The number of aromatic nitrogens is 1. The second-order valence-electron chi connectivity index (χ2n) is 5.37. The predicted molar refractivity (Wildman–Crippen MR) is 80.5 cm³/mol. The van der Waals surface area contributed by atoms with Crippen molar-refractivity contribution in [1.82, 2.24) is 14.8 Å². The summed E-state index contributed by atoms with van der Waals surface area (Å²) in [5.41, 5.74) is 0.772. The molecule has 0 bridgehead atoms. The molecule has 0 saturated carbocycles. The summed E-state index contributed by atoms with van der Waals surface area (Å²) in [7, 11) is 2.13. The lowest BCUT2D eigenvalue weighted by molar-refractivity contribution is 0.0700. The maximum Gasteiger partial charge on any atom is 0.347 e. The summed E-state index contributed by atoms with van der Waals surface area (Å²) in [4.78, 5) is 20.9. The molecule has 0 aromatic carbocycles. The van der Waals surface area contributed by atoms with Gasteiger partial charge in [-0.15, -0.1) is 11.3 Å². The quantitative estimate of drug-likeness (QED) is 0.869. The van der Waals surface area contributed by atoms with Gasteiger partial charge in [0.15, 0.2) is 0 Å². The molecule has 0 unspecified atom stereocenters. The topological polar surface area (TPSA) is 56.7 Å². The summed E-state index contributed by atoms with van der Waals surface area (Å²) >= 11 is 1.35. The molecule has 1 N–H and O–H groups in total. The van der Waals surface area contributed by atoms with Crippen LogP contribution in [0.25, 0.3) is 0 Å². The van der Waals surface area contributed by atoms with Gasteiger partial charge in [-0.05, 0) is 19.9 Å². The van der Waals surface area contributed by atoms with Gasteiger partial charge in [0, 0.05) is 26.2 Å². The van der Waals surface area contributed by atoms with Crippen LogP contribution in [0.5, 0.6) is 0 Å². The number of aryl methyl sites for hydroxylation is 1. The van der Waals surface area contributed by atoms with Gasteiger partial charge in [-0.25, -0.2) is 9.78 Å². The molecule has 1 aromatic rings. The van der Waals surface area contributed by atoms with Gasteiger partial charge >= 0.3 is 5.97 Å². The van der Waals surface area contributed by atoms with Crippen LogP contribution in [0.2, 0.25) is 0 Å². The molecule has 0 spiro atoms. The van der Waals surface area contributed by atoms with Crippen LogP contribution < -0.4 is 0 Å². The molecule has 0 atom stereocenters. The van der Waals surface area contributed by atoms with E-state index in [1.807, 2.05) is 0 Å². The minimum Gasteiger partial charge on any atom is -0.477 e. The molecule has 1 saturated heterocycles. The van der Waals surface area contributed by atoms with E-state index >= 15 is 0 Å². The van der Waals surface area contributed by atoms with E-state index in [0.29, 0.717) is 4.88 Å². The molecule has 6 heteroatoms. The number of hydrogen-bond donors (Lipinski definition) is 1. The zero-order valence-corrected chi connectivity index (χ0v) is 13.1. The standard InChI is InChI=1S/C14H23N3O2S/c1-3-4-5-11-13(14(18)19)20-12(15-11)10-17-8-6-16(2)7-9-17/h3-10H2,1-2H3,(H,18,19). The van der Waals surface area contributed by atoms with E-state index in [1.54, 1.807) is 0 Å². The van der Waals surface area contributed by atoms with Crippen molar-refractivity contribution in [3.63, 3.8) is 0 Å². The van der Waals surface area contributed by atoms with Crippen LogP contribution in [0.1, 0.15) is 40.1 Å². The highest BCUT2D eigenvalue weighted by molar-refractivity contribution is 7.13. The van der Waals surface area contributed by atoms with Crippen molar-refractivity contribution in [3.8, 4) is 0 Å². The number of carbonyl (C=O) groups is 1. The molecular weight excluding hydrogens is 274 g/mol. The fourth-order valence-electron chi connectivity index (χ4n) is 2.35. The Hall–Kier alpha value is -0.980. The number of nitrogens with zero attached hydrogens (tertiary/aromatic N) is 3. The van der Waals surface area contributed by atoms with Crippen molar-refractivity contribution >= 4 is 17.3 Å². The van der Waals surface area contributed by atoms with Crippen molar-refractivity contribution in [2.75, 3.05) is 33.2 Å². The Morgan fingerprint density at radius 3 is 2.65 bits per heavy atom. The van der Waals surface area contributed by atoms with Gasteiger partial charge in [0.2, 0.25) is 0 Å². The Balaban J connectivity index is 2.02. The Morgan fingerprint density at radius 2 is 2.05 bits per heavy atom. The monoisotopic (exact) mass is 297 g/mol. The number of hydrogen-bond acceptors (Lipinski definition) is 5. The zero-order valence-electron chi connectivity index (χ0n) is 12.3. The second-order valence-corrected chi connectivity index (χ2v) is 6.46. The summed E-state index contributed by atoms with van der Waals surface area (Å²) in [5.74, 6) is -0.835. The van der Waals surface area contributed by atoms with Crippen LogP contribution in [0.4, 0.5) is 0 Å². The maximum atomic E-state index is 11.3. The number of piperazine rings is 1. The molecule has 112 valence electrons. The smallest absolute Gasteiger partial charge is 0.347 e. The minimum absolute atomic E-state index is 0.433. The van der Waals surface area contributed by atoms with Gasteiger partial charge in [0.25, 0.3) is 0 Å². The van der Waals surface area contributed by atoms with Crippen LogP contribution in [0.3, 0.4) is 0 Å². The first-order chi connectivity index (χ1) is 9.60. The van der Waals surface area contributed by atoms with E-state index in [-0.39, 0.29) is 0 Å². The molecule has 5 nitrogen and oxygen atoms in total. The Labute approximate surface area is 124 Å². The van der Waals surface area contributed by atoms with Gasteiger partial charge < -0.3 is 10.0 Å². The van der Waals surface area contributed by atoms with E-state index < -0.39 is 5.97 Å². The summed E-state index contributed by atoms with van der Waals surface area (Å²) in [6.07, 6.45) is 2.83. The van der Waals surface area contributed by atoms with Gasteiger partial charge in [-0.3, -0.25) is 4.90 Å². The predicted octanol–water partition coefficient (Wildman–Crippen LogP) is 1.93. The highest BCUT2D eigenvalue weighted by atomic mass is 32.1. The van der Waals surface area contributed by atoms with Crippen LogP contribution in [-0.4, -0.2) is 59.1 Å². The maximum absolute atomic E-state index is 11.3. The molecule has 0 aliphatic carbocycles.